The maximum Gasteiger partial charge on any atom is 0.262 e. The van der Waals surface area contributed by atoms with Crippen molar-refractivity contribution < 1.29 is 18.8 Å². The molecular formula is C19H16ClFN2O3S. The van der Waals surface area contributed by atoms with E-state index in [-0.39, 0.29) is 28.3 Å². The molecule has 0 aliphatic carbocycles. The minimum absolute atomic E-state index is 0.0988. The number of fused-ring (bicyclic) bond motifs is 1. The number of carbonyl (C=O) groups excluding carboxylic acids is 3. The predicted octanol–water partition coefficient (Wildman–Crippen LogP) is 3.84. The molecule has 0 spiro atoms. The highest BCUT2D eigenvalue weighted by Gasteiger charge is 2.42. The number of halogens is 2. The Balaban J connectivity index is 1.90. The van der Waals surface area contributed by atoms with Crippen LogP contribution in [0.15, 0.2) is 42.5 Å². The molecule has 0 saturated carbocycles. The van der Waals surface area contributed by atoms with Crippen LogP contribution in [0.25, 0.3) is 0 Å². The maximum atomic E-state index is 14.0. The standard InChI is InChI=1S/C19H16ClFN2O3S/c1-27-9-8-16(17(24)22-15-10-11(20)6-7-14(15)21)23-18(25)12-4-2-3-5-13(12)19(23)26/h2-7,10,16H,8-9H2,1H3,(H,22,24)/t16-/m1/s1. The van der Waals surface area contributed by atoms with Crippen molar-refractivity contribution in [2.24, 2.45) is 0 Å². The first kappa shape index (κ1) is 19.4. The van der Waals surface area contributed by atoms with Crippen molar-refractivity contribution in [3.8, 4) is 0 Å². The third-order valence-electron chi connectivity index (χ3n) is 4.22. The summed E-state index contributed by atoms with van der Waals surface area (Å²) in [4.78, 5) is 39.2. The van der Waals surface area contributed by atoms with Crippen LogP contribution in [-0.2, 0) is 4.79 Å². The molecule has 8 heteroatoms. The van der Waals surface area contributed by atoms with Crippen LogP contribution in [0.1, 0.15) is 27.1 Å². The largest absolute Gasteiger partial charge is 0.322 e. The lowest BCUT2D eigenvalue weighted by Gasteiger charge is -2.25. The SMILES string of the molecule is CSCC[C@H](C(=O)Nc1cc(Cl)ccc1F)N1C(=O)c2ccccc2C1=O. The van der Waals surface area contributed by atoms with Crippen molar-refractivity contribution >= 4 is 46.8 Å². The van der Waals surface area contributed by atoms with E-state index < -0.39 is 29.6 Å². The fraction of sp³-hybridized carbons (Fsp3) is 0.211. The molecule has 0 bridgehead atoms. The van der Waals surface area contributed by atoms with Crippen LogP contribution in [0.4, 0.5) is 10.1 Å². The van der Waals surface area contributed by atoms with Gasteiger partial charge in [-0.25, -0.2) is 4.39 Å². The van der Waals surface area contributed by atoms with Crippen molar-refractivity contribution in [3.63, 3.8) is 0 Å². The minimum atomic E-state index is -1.05. The predicted molar refractivity (Wildman–Crippen MR) is 104 cm³/mol. The second-order valence-corrected chi connectivity index (χ2v) is 7.36. The van der Waals surface area contributed by atoms with E-state index in [0.717, 1.165) is 11.0 Å². The summed E-state index contributed by atoms with van der Waals surface area (Å²) in [6.45, 7) is 0. The van der Waals surface area contributed by atoms with Gasteiger partial charge >= 0.3 is 0 Å². The summed E-state index contributed by atoms with van der Waals surface area (Å²) in [5, 5.41) is 2.71. The third kappa shape index (κ3) is 3.84. The molecule has 27 heavy (non-hydrogen) atoms. The number of hydrogen-bond acceptors (Lipinski definition) is 4. The van der Waals surface area contributed by atoms with E-state index in [2.05, 4.69) is 5.32 Å². The Bertz CT molecular complexity index is 887. The van der Waals surface area contributed by atoms with Crippen molar-refractivity contribution in [1.82, 2.24) is 4.90 Å². The summed E-state index contributed by atoms with van der Waals surface area (Å²) in [7, 11) is 0. The number of nitrogens with one attached hydrogen (secondary N) is 1. The van der Waals surface area contributed by atoms with Crippen molar-refractivity contribution in [1.29, 1.82) is 0 Å². The zero-order chi connectivity index (χ0) is 19.6. The van der Waals surface area contributed by atoms with Crippen LogP contribution >= 0.6 is 23.4 Å². The highest BCUT2D eigenvalue weighted by molar-refractivity contribution is 7.98. The average molecular weight is 407 g/mol. The molecule has 1 aliphatic heterocycles. The fourth-order valence-corrected chi connectivity index (χ4v) is 3.54. The number of rotatable bonds is 6. The van der Waals surface area contributed by atoms with Gasteiger partial charge in [0.15, 0.2) is 0 Å². The Morgan fingerprint density at radius 3 is 2.41 bits per heavy atom. The Hall–Kier alpha value is -2.38. The second-order valence-electron chi connectivity index (χ2n) is 5.94. The normalized spacial score (nSPS) is 14.3. The van der Waals surface area contributed by atoms with Crippen LogP contribution in [-0.4, -0.2) is 40.7 Å². The zero-order valence-electron chi connectivity index (χ0n) is 14.4. The Morgan fingerprint density at radius 1 is 1.19 bits per heavy atom. The van der Waals surface area contributed by atoms with Crippen molar-refractivity contribution in [3.05, 3.63) is 64.4 Å². The quantitative estimate of drug-likeness (QED) is 0.740. The Kier molecular flexibility index (Phi) is 5.82. The molecular weight excluding hydrogens is 391 g/mol. The van der Waals surface area contributed by atoms with E-state index in [1.807, 2.05) is 6.26 Å². The summed E-state index contributed by atoms with van der Waals surface area (Å²) in [6, 6.07) is 9.15. The molecule has 0 unspecified atom stereocenters. The van der Waals surface area contributed by atoms with Gasteiger partial charge in [0.05, 0.1) is 16.8 Å². The minimum Gasteiger partial charge on any atom is -0.322 e. The number of imide groups is 1. The van der Waals surface area contributed by atoms with E-state index in [0.29, 0.717) is 5.75 Å². The zero-order valence-corrected chi connectivity index (χ0v) is 15.9. The molecule has 3 amide bonds. The van der Waals surface area contributed by atoms with Gasteiger partial charge in [-0.3, -0.25) is 19.3 Å². The van der Waals surface area contributed by atoms with Crippen LogP contribution < -0.4 is 5.32 Å². The molecule has 3 rings (SSSR count). The molecule has 0 saturated heterocycles. The average Bonchev–Trinajstić information content (AvgIpc) is 2.90. The van der Waals surface area contributed by atoms with E-state index in [1.165, 1.54) is 23.9 Å². The second kappa shape index (κ2) is 8.10. The Morgan fingerprint density at radius 2 is 1.81 bits per heavy atom. The van der Waals surface area contributed by atoms with Gasteiger partial charge in [-0.15, -0.1) is 0 Å². The lowest BCUT2D eigenvalue weighted by molar-refractivity contribution is -0.120. The van der Waals surface area contributed by atoms with E-state index in [9.17, 15) is 18.8 Å². The van der Waals surface area contributed by atoms with Crippen molar-refractivity contribution in [2.45, 2.75) is 12.5 Å². The first-order chi connectivity index (χ1) is 12.9. The number of amides is 3. The van der Waals surface area contributed by atoms with Gasteiger partial charge in [0.1, 0.15) is 11.9 Å². The first-order valence-corrected chi connectivity index (χ1v) is 9.93. The number of thioether (sulfide) groups is 1. The molecule has 0 fully saturated rings. The lowest BCUT2D eigenvalue weighted by atomic mass is 10.1. The maximum absolute atomic E-state index is 14.0. The van der Waals surface area contributed by atoms with Gasteiger partial charge < -0.3 is 5.32 Å². The molecule has 2 aromatic rings. The molecule has 0 radical (unpaired) electrons. The van der Waals surface area contributed by atoms with Crippen molar-refractivity contribution in [2.75, 3.05) is 17.3 Å². The number of nitrogens with zero attached hydrogens (tertiary/aromatic N) is 1. The summed E-state index contributed by atoms with van der Waals surface area (Å²) < 4.78 is 14.0. The monoisotopic (exact) mass is 406 g/mol. The van der Waals surface area contributed by atoms with Crippen LogP contribution in [0.2, 0.25) is 5.02 Å². The van der Waals surface area contributed by atoms with E-state index in [4.69, 9.17) is 11.6 Å². The Labute approximate surface area is 164 Å². The van der Waals surface area contributed by atoms with Gasteiger partial charge in [-0.1, -0.05) is 23.7 Å². The van der Waals surface area contributed by atoms with E-state index in [1.54, 1.807) is 24.3 Å². The first-order valence-electron chi connectivity index (χ1n) is 8.15. The smallest absolute Gasteiger partial charge is 0.262 e. The van der Waals surface area contributed by atoms with Gasteiger partial charge in [0.25, 0.3) is 11.8 Å². The van der Waals surface area contributed by atoms with Gasteiger partial charge in [-0.2, -0.15) is 11.8 Å². The molecule has 140 valence electrons. The van der Waals surface area contributed by atoms with Gasteiger partial charge in [0.2, 0.25) is 5.91 Å². The van der Waals surface area contributed by atoms with Crippen LogP contribution in [0.5, 0.6) is 0 Å². The number of benzene rings is 2. The molecule has 1 N–H and O–H groups in total. The summed E-state index contributed by atoms with van der Waals surface area (Å²) in [6.07, 6.45) is 2.11. The van der Waals surface area contributed by atoms with Crippen LogP contribution in [0, 0.1) is 5.82 Å². The molecule has 1 atom stereocenters. The fourth-order valence-electron chi connectivity index (χ4n) is 2.91. The summed E-state index contributed by atoms with van der Waals surface area (Å²) >= 11 is 7.34. The van der Waals surface area contributed by atoms with Gasteiger partial charge in [0, 0.05) is 5.02 Å². The molecule has 1 aliphatic rings. The van der Waals surface area contributed by atoms with E-state index >= 15 is 0 Å². The molecule has 1 heterocycles. The summed E-state index contributed by atoms with van der Waals surface area (Å²) in [5.74, 6) is -1.80. The van der Waals surface area contributed by atoms with Gasteiger partial charge in [-0.05, 0) is 48.8 Å². The number of carbonyl (C=O) groups is 3. The summed E-state index contributed by atoms with van der Waals surface area (Å²) in [5.41, 5.74) is 0.426. The lowest BCUT2D eigenvalue weighted by Crippen LogP contribution is -2.47. The topological polar surface area (TPSA) is 66.5 Å². The molecule has 0 aromatic heterocycles. The molecule has 2 aromatic carbocycles. The highest BCUT2D eigenvalue weighted by atomic mass is 35.5. The van der Waals surface area contributed by atoms with Crippen LogP contribution in [0.3, 0.4) is 0 Å². The number of hydrogen-bond donors (Lipinski definition) is 1. The third-order valence-corrected chi connectivity index (χ3v) is 5.10. The highest BCUT2D eigenvalue weighted by Crippen LogP contribution is 2.27. The number of anilines is 1. The molecule has 5 nitrogen and oxygen atoms in total.